The standard InChI is InChI=1S/C19H29N5O/c1-19(2,3)23-17(25)14-22-18(20-4)21-11-7-12-24-13-10-15-8-5-6-9-16(15)24/h5-6,8-10,13H,7,11-12,14H2,1-4H3,(H,23,25)(H2,20,21,22). The lowest BCUT2D eigenvalue weighted by atomic mass is 10.1. The fourth-order valence-corrected chi connectivity index (χ4v) is 2.64. The minimum absolute atomic E-state index is 0.0470. The summed E-state index contributed by atoms with van der Waals surface area (Å²) in [6.07, 6.45) is 3.09. The Hall–Kier alpha value is -2.50. The molecule has 0 aliphatic heterocycles. The molecule has 0 unspecified atom stereocenters. The Bertz CT molecular complexity index is 727. The van der Waals surface area contributed by atoms with Crippen LogP contribution in [0.2, 0.25) is 0 Å². The van der Waals surface area contributed by atoms with Crippen molar-refractivity contribution in [3.05, 3.63) is 36.5 Å². The van der Waals surface area contributed by atoms with E-state index in [9.17, 15) is 4.79 Å². The Kier molecular flexibility index (Phi) is 6.44. The second-order valence-corrected chi connectivity index (χ2v) is 7.07. The van der Waals surface area contributed by atoms with Gasteiger partial charge in [0.25, 0.3) is 0 Å². The lowest BCUT2D eigenvalue weighted by Crippen LogP contribution is -2.48. The molecule has 2 rings (SSSR count). The van der Waals surface area contributed by atoms with Gasteiger partial charge in [-0.3, -0.25) is 9.79 Å². The van der Waals surface area contributed by atoms with Gasteiger partial charge in [0.2, 0.25) is 5.91 Å². The molecule has 25 heavy (non-hydrogen) atoms. The fraction of sp³-hybridized carbons (Fsp3) is 0.474. The van der Waals surface area contributed by atoms with Crippen LogP contribution in [0.25, 0.3) is 10.9 Å². The number of nitrogens with zero attached hydrogens (tertiary/aromatic N) is 2. The number of hydrogen-bond acceptors (Lipinski definition) is 2. The molecule has 1 aromatic carbocycles. The molecule has 0 bridgehead atoms. The number of fused-ring (bicyclic) bond motifs is 1. The molecule has 0 radical (unpaired) electrons. The number of aliphatic imine (C=N–C) groups is 1. The second-order valence-electron chi connectivity index (χ2n) is 7.07. The fourth-order valence-electron chi connectivity index (χ4n) is 2.64. The van der Waals surface area contributed by atoms with E-state index in [4.69, 9.17) is 0 Å². The highest BCUT2D eigenvalue weighted by atomic mass is 16.2. The molecule has 6 heteroatoms. The van der Waals surface area contributed by atoms with E-state index in [1.807, 2.05) is 20.8 Å². The summed E-state index contributed by atoms with van der Waals surface area (Å²) in [6.45, 7) is 7.81. The van der Waals surface area contributed by atoms with Crippen LogP contribution in [0.1, 0.15) is 27.2 Å². The van der Waals surface area contributed by atoms with Crippen molar-refractivity contribution < 1.29 is 4.79 Å². The smallest absolute Gasteiger partial charge is 0.239 e. The maximum absolute atomic E-state index is 11.8. The topological polar surface area (TPSA) is 70.5 Å². The van der Waals surface area contributed by atoms with Crippen molar-refractivity contribution in [2.24, 2.45) is 4.99 Å². The Morgan fingerprint density at radius 3 is 2.64 bits per heavy atom. The third-order valence-electron chi connectivity index (χ3n) is 3.70. The number of hydrogen-bond donors (Lipinski definition) is 3. The normalized spacial score (nSPS) is 12.2. The third-order valence-corrected chi connectivity index (χ3v) is 3.70. The van der Waals surface area contributed by atoms with Crippen molar-refractivity contribution in [2.75, 3.05) is 20.1 Å². The Labute approximate surface area is 149 Å². The van der Waals surface area contributed by atoms with E-state index in [0.29, 0.717) is 5.96 Å². The first-order valence-corrected chi connectivity index (χ1v) is 8.68. The van der Waals surface area contributed by atoms with Gasteiger partial charge < -0.3 is 20.5 Å². The summed E-state index contributed by atoms with van der Waals surface area (Å²) in [5.74, 6) is 0.593. The number of amides is 1. The molecule has 1 aromatic heterocycles. The Balaban J connectivity index is 1.72. The van der Waals surface area contributed by atoms with Gasteiger partial charge in [0.15, 0.2) is 5.96 Å². The van der Waals surface area contributed by atoms with Crippen molar-refractivity contribution in [3.8, 4) is 0 Å². The number of guanidine groups is 1. The van der Waals surface area contributed by atoms with Crippen LogP contribution in [0.3, 0.4) is 0 Å². The van der Waals surface area contributed by atoms with E-state index in [-0.39, 0.29) is 18.0 Å². The van der Waals surface area contributed by atoms with E-state index < -0.39 is 0 Å². The molecule has 6 nitrogen and oxygen atoms in total. The molecule has 0 saturated carbocycles. The first-order chi connectivity index (χ1) is 11.9. The molecule has 0 saturated heterocycles. The average Bonchev–Trinajstić information content (AvgIpc) is 2.96. The average molecular weight is 343 g/mol. The molecule has 0 aliphatic carbocycles. The molecular weight excluding hydrogens is 314 g/mol. The molecule has 0 spiro atoms. The summed E-state index contributed by atoms with van der Waals surface area (Å²) in [5.41, 5.74) is 1.03. The molecule has 136 valence electrons. The van der Waals surface area contributed by atoms with Gasteiger partial charge >= 0.3 is 0 Å². The highest BCUT2D eigenvalue weighted by molar-refractivity contribution is 5.86. The van der Waals surface area contributed by atoms with E-state index in [0.717, 1.165) is 19.5 Å². The number of aromatic nitrogens is 1. The quantitative estimate of drug-likeness (QED) is 0.427. The third kappa shape index (κ3) is 6.14. The van der Waals surface area contributed by atoms with E-state index in [2.05, 4.69) is 62.0 Å². The molecule has 0 fully saturated rings. The molecular formula is C19H29N5O. The maximum atomic E-state index is 11.8. The Morgan fingerprint density at radius 1 is 1.16 bits per heavy atom. The molecule has 0 atom stereocenters. The van der Waals surface area contributed by atoms with Crippen molar-refractivity contribution in [1.82, 2.24) is 20.5 Å². The summed E-state index contributed by atoms with van der Waals surface area (Å²) < 4.78 is 2.25. The van der Waals surface area contributed by atoms with Crippen LogP contribution in [0.5, 0.6) is 0 Å². The zero-order valence-corrected chi connectivity index (χ0v) is 15.6. The highest BCUT2D eigenvalue weighted by Gasteiger charge is 2.13. The maximum Gasteiger partial charge on any atom is 0.239 e. The van der Waals surface area contributed by atoms with Crippen LogP contribution in [0, 0.1) is 0 Å². The number of aryl methyl sites for hydroxylation is 1. The minimum Gasteiger partial charge on any atom is -0.356 e. The highest BCUT2D eigenvalue weighted by Crippen LogP contribution is 2.15. The molecule has 1 heterocycles. The number of para-hydroxylation sites is 1. The number of nitrogens with one attached hydrogen (secondary N) is 3. The number of carbonyl (C=O) groups excluding carboxylic acids is 1. The summed E-state index contributed by atoms with van der Waals surface area (Å²) >= 11 is 0. The first-order valence-electron chi connectivity index (χ1n) is 8.68. The van der Waals surface area contributed by atoms with Gasteiger partial charge in [-0.15, -0.1) is 0 Å². The monoisotopic (exact) mass is 343 g/mol. The number of benzene rings is 1. The lowest BCUT2D eigenvalue weighted by molar-refractivity contribution is -0.121. The van der Waals surface area contributed by atoms with Gasteiger partial charge in [-0.25, -0.2) is 0 Å². The van der Waals surface area contributed by atoms with Crippen molar-refractivity contribution in [2.45, 2.75) is 39.3 Å². The minimum atomic E-state index is -0.227. The Morgan fingerprint density at radius 2 is 1.92 bits per heavy atom. The first kappa shape index (κ1) is 18.8. The molecule has 2 aromatic rings. The summed E-state index contributed by atoms with van der Waals surface area (Å²) in [7, 11) is 1.70. The van der Waals surface area contributed by atoms with E-state index in [1.54, 1.807) is 7.05 Å². The largest absolute Gasteiger partial charge is 0.356 e. The second kappa shape index (κ2) is 8.55. The van der Waals surface area contributed by atoms with Crippen LogP contribution in [0.15, 0.2) is 41.5 Å². The summed E-state index contributed by atoms with van der Waals surface area (Å²) in [4.78, 5) is 16.0. The predicted molar refractivity (Wildman–Crippen MR) is 104 cm³/mol. The van der Waals surface area contributed by atoms with Crippen LogP contribution < -0.4 is 16.0 Å². The van der Waals surface area contributed by atoms with E-state index in [1.165, 1.54) is 10.9 Å². The van der Waals surface area contributed by atoms with Crippen molar-refractivity contribution in [1.29, 1.82) is 0 Å². The van der Waals surface area contributed by atoms with Gasteiger partial charge in [-0.2, -0.15) is 0 Å². The van der Waals surface area contributed by atoms with Crippen LogP contribution in [-0.2, 0) is 11.3 Å². The van der Waals surface area contributed by atoms with E-state index >= 15 is 0 Å². The van der Waals surface area contributed by atoms with Crippen LogP contribution in [0.4, 0.5) is 0 Å². The van der Waals surface area contributed by atoms with Gasteiger partial charge in [0.1, 0.15) is 0 Å². The lowest BCUT2D eigenvalue weighted by Gasteiger charge is -2.21. The van der Waals surface area contributed by atoms with Gasteiger partial charge in [-0.1, -0.05) is 18.2 Å². The zero-order chi connectivity index (χ0) is 18.3. The zero-order valence-electron chi connectivity index (χ0n) is 15.6. The van der Waals surface area contributed by atoms with Crippen molar-refractivity contribution >= 4 is 22.8 Å². The molecule has 3 N–H and O–H groups in total. The summed E-state index contributed by atoms with van der Waals surface area (Å²) in [6, 6.07) is 10.5. The number of carbonyl (C=O) groups is 1. The van der Waals surface area contributed by atoms with Gasteiger partial charge in [0.05, 0.1) is 6.54 Å². The van der Waals surface area contributed by atoms with Gasteiger partial charge in [-0.05, 0) is 44.7 Å². The van der Waals surface area contributed by atoms with Crippen LogP contribution in [-0.4, -0.2) is 42.1 Å². The van der Waals surface area contributed by atoms with Crippen LogP contribution >= 0.6 is 0 Å². The molecule has 0 aliphatic rings. The summed E-state index contributed by atoms with van der Waals surface area (Å²) in [5, 5.41) is 10.5. The van der Waals surface area contributed by atoms with Crippen molar-refractivity contribution in [3.63, 3.8) is 0 Å². The number of rotatable bonds is 6. The SMILES string of the molecule is CN=C(NCCCn1ccc2ccccc21)NCC(=O)NC(C)(C)C. The predicted octanol–water partition coefficient (Wildman–Crippen LogP) is 2.11. The van der Waals surface area contributed by atoms with Gasteiger partial charge in [0, 0.05) is 37.4 Å². The molecule has 1 amide bonds.